The van der Waals surface area contributed by atoms with Gasteiger partial charge >= 0.3 is 6.18 Å². The minimum absolute atomic E-state index is 0.126. The van der Waals surface area contributed by atoms with Crippen LogP contribution in [0.5, 0.6) is 0 Å². The van der Waals surface area contributed by atoms with Crippen LogP contribution in [0.25, 0.3) is 11.0 Å². The van der Waals surface area contributed by atoms with E-state index in [2.05, 4.69) is 15.0 Å². The van der Waals surface area contributed by atoms with Crippen molar-refractivity contribution in [1.82, 2.24) is 15.0 Å². The number of ether oxygens (including phenoxy) is 1. The van der Waals surface area contributed by atoms with E-state index in [1.54, 1.807) is 12.3 Å². The zero-order valence-corrected chi connectivity index (χ0v) is 12.0. The van der Waals surface area contributed by atoms with Crippen LogP contribution in [-0.4, -0.2) is 46.9 Å². The van der Waals surface area contributed by atoms with Gasteiger partial charge in [0.25, 0.3) is 0 Å². The molecule has 0 atom stereocenters. The maximum atomic E-state index is 13.2. The molecule has 0 radical (unpaired) electrons. The molecular weight excluding hydrogens is 297 g/mol. The van der Waals surface area contributed by atoms with E-state index in [-0.39, 0.29) is 25.9 Å². The molecule has 22 heavy (non-hydrogen) atoms. The zero-order chi connectivity index (χ0) is 15.8. The zero-order valence-electron chi connectivity index (χ0n) is 12.0. The summed E-state index contributed by atoms with van der Waals surface area (Å²) in [6.07, 6.45) is -1.62. The number of halogens is 3. The van der Waals surface area contributed by atoms with E-state index >= 15 is 0 Å². The van der Waals surface area contributed by atoms with E-state index in [1.165, 1.54) is 6.33 Å². The second kappa shape index (κ2) is 5.35. The minimum atomic E-state index is -4.37. The van der Waals surface area contributed by atoms with Gasteiger partial charge in [-0.1, -0.05) is 0 Å². The van der Waals surface area contributed by atoms with Crippen LogP contribution in [0.15, 0.2) is 24.7 Å². The van der Waals surface area contributed by atoms with Gasteiger partial charge in [0, 0.05) is 39.2 Å². The number of pyridine rings is 1. The van der Waals surface area contributed by atoms with Crippen LogP contribution in [0.1, 0.15) is 12.8 Å². The Morgan fingerprint density at radius 1 is 1.18 bits per heavy atom. The fourth-order valence-corrected chi connectivity index (χ4v) is 2.82. The summed E-state index contributed by atoms with van der Waals surface area (Å²) in [6.45, 7) is 0.433. The summed E-state index contributed by atoms with van der Waals surface area (Å²) in [7, 11) is 1.12. The van der Waals surface area contributed by atoms with Crippen LogP contribution < -0.4 is 4.90 Å². The van der Waals surface area contributed by atoms with Crippen molar-refractivity contribution in [3.8, 4) is 0 Å². The summed E-state index contributed by atoms with van der Waals surface area (Å²) in [5.41, 5.74) is -1.53. The van der Waals surface area contributed by atoms with Crippen molar-refractivity contribution in [2.24, 2.45) is 0 Å². The molecule has 2 aromatic heterocycles. The summed E-state index contributed by atoms with van der Waals surface area (Å²) < 4.78 is 44.4. The third kappa shape index (κ3) is 2.37. The number of aromatic nitrogens is 3. The van der Waals surface area contributed by atoms with Gasteiger partial charge in [-0.25, -0.2) is 15.0 Å². The number of rotatable bonds is 2. The Bertz CT molecular complexity index is 663. The standard InChI is InChI=1S/C14H15F3N4O/c1-22-13(14(15,16)17)4-7-21(8-5-13)12-10-3-2-6-18-11(10)19-9-20-12/h2-3,6,9H,4-5,7-8H2,1H3. The first-order chi connectivity index (χ1) is 10.5. The first kappa shape index (κ1) is 15.0. The maximum Gasteiger partial charge on any atom is 0.417 e. The summed E-state index contributed by atoms with van der Waals surface area (Å²) in [5.74, 6) is 0.616. The first-order valence-electron chi connectivity index (χ1n) is 6.89. The van der Waals surface area contributed by atoms with Gasteiger partial charge in [-0.3, -0.25) is 0 Å². The maximum absolute atomic E-state index is 13.2. The van der Waals surface area contributed by atoms with Gasteiger partial charge in [-0.05, 0) is 12.1 Å². The van der Waals surface area contributed by atoms with Crippen LogP contribution in [0.4, 0.5) is 19.0 Å². The van der Waals surface area contributed by atoms with Crippen LogP contribution in [0.3, 0.4) is 0 Å². The Kier molecular flexibility index (Phi) is 3.64. The fraction of sp³-hybridized carbons (Fsp3) is 0.500. The quantitative estimate of drug-likeness (QED) is 0.853. The van der Waals surface area contributed by atoms with Crippen LogP contribution in [0.2, 0.25) is 0 Å². The SMILES string of the molecule is COC1(C(F)(F)F)CCN(c2ncnc3ncccc23)CC1. The number of hydrogen-bond donors (Lipinski definition) is 0. The van der Waals surface area contributed by atoms with Crippen molar-refractivity contribution in [3.63, 3.8) is 0 Å². The number of methoxy groups -OCH3 is 1. The number of hydrogen-bond acceptors (Lipinski definition) is 5. The van der Waals surface area contributed by atoms with Crippen molar-refractivity contribution < 1.29 is 17.9 Å². The van der Waals surface area contributed by atoms with Gasteiger partial charge in [-0.15, -0.1) is 0 Å². The molecule has 1 saturated heterocycles. The molecule has 3 rings (SSSR count). The molecule has 1 fully saturated rings. The molecule has 0 saturated carbocycles. The van der Waals surface area contributed by atoms with E-state index in [1.807, 2.05) is 11.0 Å². The Labute approximate surface area is 125 Å². The van der Waals surface area contributed by atoms with E-state index in [4.69, 9.17) is 4.74 Å². The third-order valence-corrected chi connectivity index (χ3v) is 4.17. The lowest BCUT2D eigenvalue weighted by Crippen LogP contribution is -2.54. The lowest BCUT2D eigenvalue weighted by Gasteiger charge is -2.42. The molecule has 2 aromatic rings. The number of piperidine rings is 1. The molecule has 0 unspecified atom stereocenters. The number of anilines is 1. The van der Waals surface area contributed by atoms with Crippen LogP contribution >= 0.6 is 0 Å². The van der Waals surface area contributed by atoms with E-state index in [9.17, 15) is 13.2 Å². The summed E-state index contributed by atoms with van der Waals surface area (Å²) >= 11 is 0. The summed E-state index contributed by atoms with van der Waals surface area (Å²) in [4.78, 5) is 14.3. The molecule has 118 valence electrons. The fourth-order valence-electron chi connectivity index (χ4n) is 2.82. The van der Waals surface area contributed by atoms with Crippen LogP contribution in [-0.2, 0) is 4.74 Å². The molecular formula is C14H15F3N4O. The van der Waals surface area contributed by atoms with Crippen molar-refractivity contribution >= 4 is 16.9 Å². The predicted molar refractivity (Wildman–Crippen MR) is 74.6 cm³/mol. The smallest absolute Gasteiger partial charge is 0.369 e. The number of nitrogens with zero attached hydrogens (tertiary/aromatic N) is 4. The molecule has 3 heterocycles. The van der Waals surface area contributed by atoms with Crippen molar-refractivity contribution in [2.75, 3.05) is 25.1 Å². The molecule has 1 aliphatic rings. The minimum Gasteiger partial charge on any atom is -0.369 e. The largest absolute Gasteiger partial charge is 0.417 e. The molecule has 8 heteroatoms. The van der Waals surface area contributed by atoms with E-state index in [0.29, 0.717) is 11.5 Å². The van der Waals surface area contributed by atoms with E-state index in [0.717, 1.165) is 12.5 Å². The van der Waals surface area contributed by atoms with Gasteiger partial charge in [0.1, 0.15) is 12.1 Å². The molecule has 1 aliphatic heterocycles. The van der Waals surface area contributed by atoms with Crippen LogP contribution in [0, 0.1) is 0 Å². The lowest BCUT2D eigenvalue weighted by molar-refractivity contribution is -0.276. The average molecular weight is 312 g/mol. The van der Waals surface area contributed by atoms with Crippen molar-refractivity contribution in [1.29, 1.82) is 0 Å². The molecule has 5 nitrogen and oxygen atoms in total. The lowest BCUT2D eigenvalue weighted by atomic mass is 9.90. The Morgan fingerprint density at radius 2 is 1.91 bits per heavy atom. The number of fused-ring (bicyclic) bond motifs is 1. The average Bonchev–Trinajstić information content (AvgIpc) is 2.53. The highest BCUT2D eigenvalue weighted by Crippen LogP contribution is 2.42. The summed E-state index contributed by atoms with van der Waals surface area (Å²) in [6, 6.07) is 3.58. The second-order valence-electron chi connectivity index (χ2n) is 5.26. The van der Waals surface area contributed by atoms with E-state index < -0.39 is 11.8 Å². The summed E-state index contributed by atoms with van der Waals surface area (Å²) in [5, 5.41) is 0.738. The van der Waals surface area contributed by atoms with Gasteiger partial charge in [-0.2, -0.15) is 13.2 Å². The highest BCUT2D eigenvalue weighted by Gasteiger charge is 2.56. The Morgan fingerprint density at radius 3 is 2.55 bits per heavy atom. The molecule has 0 bridgehead atoms. The highest BCUT2D eigenvalue weighted by atomic mass is 19.4. The molecule has 0 N–H and O–H groups in total. The van der Waals surface area contributed by atoms with Gasteiger partial charge in [0.15, 0.2) is 11.2 Å². The van der Waals surface area contributed by atoms with Gasteiger partial charge in [0.05, 0.1) is 5.39 Å². The topological polar surface area (TPSA) is 51.1 Å². The highest BCUT2D eigenvalue weighted by molar-refractivity contribution is 5.86. The number of alkyl halides is 3. The molecule has 0 aliphatic carbocycles. The van der Waals surface area contributed by atoms with Gasteiger partial charge in [0.2, 0.25) is 0 Å². The first-order valence-corrected chi connectivity index (χ1v) is 6.89. The normalized spacial score (nSPS) is 18.6. The molecule has 0 aromatic carbocycles. The molecule has 0 amide bonds. The second-order valence-corrected chi connectivity index (χ2v) is 5.26. The van der Waals surface area contributed by atoms with Crippen molar-refractivity contribution in [3.05, 3.63) is 24.7 Å². The molecule has 0 spiro atoms. The predicted octanol–water partition coefficient (Wildman–Crippen LogP) is 2.57. The monoisotopic (exact) mass is 312 g/mol. The Hall–Kier alpha value is -1.96. The third-order valence-electron chi connectivity index (χ3n) is 4.17. The van der Waals surface area contributed by atoms with Crippen molar-refractivity contribution in [2.45, 2.75) is 24.6 Å². The van der Waals surface area contributed by atoms with Gasteiger partial charge < -0.3 is 9.64 Å². The Balaban J connectivity index is 1.87.